The standard InChI is InChI=1S/C10H12O4/c1-3-14-10(13)7-4-8(11)6(2)9(12)5-7/h4-5,11-12H,3H2,1-2H3. The molecule has 0 heterocycles. The Morgan fingerprint density at radius 1 is 1.36 bits per heavy atom. The Balaban J connectivity index is 3.06. The van der Waals surface area contributed by atoms with Crippen molar-refractivity contribution in [3.05, 3.63) is 23.3 Å². The average molecular weight is 196 g/mol. The van der Waals surface area contributed by atoms with Crippen LogP contribution in [-0.2, 0) is 4.74 Å². The fourth-order valence-electron chi connectivity index (χ4n) is 1.02. The van der Waals surface area contributed by atoms with Gasteiger partial charge in [-0.2, -0.15) is 0 Å². The van der Waals surface area contributed by atoms with Crippen LogP contribution in [-0.4, -0.2) is 22.8 Å². The van der Waals surface area contributed by atoms with Crippen molar-refractivity contribution in [2.45, 2.75) is 13.8 Å². The molecule has 0 spiro atoms. The zero-order valence-electron chi connectivity index (χ0n) is 8.07. The van der Waals surface area contributed by atoms with Gasteiger partial charge < -0.3 is 14.9 Å². The minimum absolute atomic E-state index is 0.118. The summed E-state index contributed by atoms with van der Waals surface area (Å²) >= 11 is 0. The van der Waals surface area contributed by atoms with E-state index in [9.17, 15) is 15.0 Å². The zero-order chi connectivity index (χ0) is 10.7. The molecule has 0 amide bonds. The highest BCUT2D eigenvalue weighted by Gasteiger charge is 2.11. The SMILES string of the molecule is CCOC(=O)c1cc(O)c(C)c(O)c1. The fourth-order valence-corrected chi connectivity index (χ4v) is 1.02. The van der Waals surface area contributed by atoms with Crippen LogP contribution in [0.25, 0.3) is 0 Å². The number of phenolic OH excluding ortho intramolecular Hbond substituents is 2. The minimum Gasteiger partial charge on any atom is -0.508 e. The van der Waals surface area contributed by atoms with Gasteiger partial charge in [0.1, 0.15) is 11.5 Å². The molecule has 4 nitrogen and oxygen atoms in total. The summed E-state index contributed by atoms with van der Waals surface area (Å²) in [6.45, 7) is 3.50. The van der Waals surface area contributed by atoms with Crippen molar-refractivity contribution in [2.75, 3.05) is 6.61 Å². The van der Waals surface area contributed by atoms with Gasteiger partial charge in [0.15, 0.2) is 0 Å². The van der Waals surface area contributed by atoms with E-state index in [0.29, 0.717) is 5.56 Å². The third kappa shape index (κ3) is 1.96. The Morgan fingerprint density at radius 2 is 1.86 bits per heavy atom. The Morgan fingerprint density at radius 3 is 2.29 bits per heavy atom. The molecule has 0 aliphatic carbocycles. The molecule has 0 atom stereocenters. The molecule has 14 heavy (non-hydrogen) atoms. The largest absolute Gasteiger partial charge is 0.508 e. The zero-order valence-corrected chi connectivity index (χ0v) is 8.07. The van der Waals surface area contributed by atoms with Crippen LogP contribution in [0.15, 0.2) is 12.1 Å². The van der Waals surface area contributed by atoms with Crippen molar-refractivity contribution < 1.29 is 19.7 Å². The molecular weight excluding hydrogens is 184 g/mol. The van der Waals surface area contributed by atoms with E-state index in [4.69, 9.17) is 4.74 Å². The number of rotatable bonds is 2. The van der Waals surface area contributed by atoms with E-state index in [-0.39, 0.29) is 23.7 Å². The molecule has 2 N–H and O–H groups in total. The first kappa shape index (κ1) is 10.4. The quantitative estimate of drug-likeness (QED) is 0.705. The van der Waals surface area contributed by atoms with Gasteiger partial charge in [0.2, 0.25) is 0 Å². The monoisotopic (exact) mass is 196 g/mol. The van der Waals surface area contributed by atoms with Crippen molar-refractivity contribution in [2.24, 2.45) is 0 Å². The number of aromatic hydroxyl groups is 2. The molecule has 0 unspecified atom stereocenters. The summed E-state index contributed by atoms with van der Waals surface area (Å²) in [7, 11) is 0. The molecule has 0 saturated carbocycles. The summed E-state index contributed by atoms with van der Waals surface area (Å²) in [5, 5.41) is 18.7. The molecule has 1 aromatic carbocycles. The lowest BCUT2D eigenvalue weighted by Crippen LogP contribution is -2.04. The summed E-state index contributed by atoms with van der Waals surface area (Å²) in [6, 6.07) is 2.54. The molecule has 0 saturated heterocycles. The number of hydrogen-bond acceptors (Lipinski definition) is 4. The lowest BCUT2D eigenvalue weighted by Gasteiger charge is -2.05. The summed E-state index contributed by atoms with van der Waals surface area (Å²) < 4.78 is 4.72. The predicted molar refractivity (Wildman–Crippen MR) is 50.5 cm³/mol. The number of carbonyl (C=O) groups is 1. The molecule has 0 aliphatic rings. The molecule has 76 valence electrons. The van der Waals surface area contributed by atoms with Crippen molar-refractivity contribution in [3.63, 3.8) is 0 Å². The lowest BCUT2D eigenvalue weighted by atomic mass is 10.1. The summed E-state index contributed by atoms with van der Waals surface area (Å²) in [5.41, 5.74) is 0.491. The van der Waals surface area contributed by atoms with Gasteiger partial charge in [0.05, 0.1) is 12.2 Å². The Kier molecular flexibility index (Phi) is 2.96. The second kappa shape index (κ2) is 4.00. The molecule has 0 aromatic heterocycles. The second-order valence-electron chi connectivity index (χ2n) is 2.86. The first-order valence-corrected chi connectivity index (χ1v) is 4.26. The molecule has 1 aromatic rings. The minimum atomic E-state index is -0.557. The number of carbonyl (C=O) groups excluding carboxylic acids is 1. The van der Waals surface area contributed by atoms with Crippen molar-refractivity contribution >= 4 is 5.97 Å². The highest BCUT2D eigenvalue weighted by Crippen LogP contribution is 2.27. The molecule has 0 fully saturated rings. The van der Waals surface area contributed by atoms with Crippen LogP contribution in [0.3, 0.4) is 0 Å². The molecule has 0 radical (unpaired) electrons. The maximum Gasteiger partial charge on any atom is 0.338 e. The van der Waals surface area contributed by atoms with Crippen molar-refractivity contribution in [1.82, 2.24) is 0 Å². The van der Waals surface area contributed by atoms with Gasteiger partial charge in [-0.05, 0) is 26.0 Å². The maximum absolute atomic E-state index is 11.2. The van der Waals surface area contributed by atoms with Gasteiger partial charge in [-0.25, -0.2) is 4.79 Å². The van der Waals surface area contributed by atoms with Gasteiger partial charge >= 0.3 is 5.97 Å². The predicted octanol–water partition coefficient (Wildman–Crippen LogP) is 1.58. The van der Waals surface area contributed by atoms with E-state index in [0.717, 1.165) is 0 Å². The Hall–Kier alpha value is -1.71. The molecule has 4 heteroatoms. The Labute approximate surface area is 81.8 Å². The normalized spacial score (nSPS) is 9.86. The van der Waals surface area contributed by atoms with Crippen LogP contribution in [0.5, 0.6) is 11.5 Å². The van der Waals surface area contributed by atoms with Gasteiger partial charge in [0, 0.05) is 5.56 Å². The highest BCUT2D eigenvalue weighted by atomic mass is 16.5. The van der Waals surface area contributed by atoms with Gasteiger partial charge in [0.25, 0.3) is 0 Å². The summed E-state index contributed by atoms with van der Waals surface area (Å²) in [6.07, 6.45) is 0. The van der Waals surface area contributed by atoms with Crippen LogP contribution in [0.2, 0.25) is 0 Å². The van der Waals surface area contributed by atoms with E-state index in [1.54, 1.807) is 13.8 Å². The number of esters is 1. The molecule has 0 aliphatic heterocycles. The number of hydrogen-bond donors (Lipinski definition) is 2. The van der Waals surface area contributed by atoms with E-state index in [1.807, 2.05) is 0 Å². The third-order valence-electron chi connectivity index (χ3n) is 1.86. The first-order valence-electron chi connectivity index (χ1n) is 4.26. The van der Waals surface area contributed by atoms with Gasteiger partial charge in [-0.1, -0.05) is 0 Å². The van der Waals surface area contributed by atoms with E-state index < -0.39 is 5.97 Å². The smallest absolute Gasteiger partial charge is 0.338 e. The Bertz CT molecular complexity index is 334. The molecular formula is C10H12O4. The maximum atomic E-state index is 11.2. The van der Waals surface area contributed by atoms with E-state index >= 15 is 0 Å². The summed E-state index contributed by atoms with van der Waals surface area (Å²) in [5.74, 6) is -0.792. The lowest BCUT2D eigenvalue weighted by molar-refractivity contribution is 0.0525. The fraction of sp³-hybridized carbons (Fsp3) is 0.300. The van der Waals surface area contributed by atoms with Crippen LogP contribution in [0.4, 0.5) is 0 Å². The van der Waals surface area contributed by atoms with Gasteiger partial charge in [-0.3, -0.25) is 0 Å². The van der Waals surface area contributed by atoms with E-state index in [1.165, 1.54) is 12.1 Å². The number of ether oxygens (including phenoxy) is 1. The number of phenols is 2. The van der Waals surface area contributed by atoms with Crippen LogP contribution >= 0.6 is 0 Å². The van der Waals surface area contributed by atoms with Crippen LogP contribution < -0.4 is 0 Å². The average Bonchev–Trinajstić information content (AvgIpc) is 2.13. The molecule has 1 rings (SSSR count). The number of benzene rings is 1. The second-order valence-corrected chi connectivity index (χ2v) is 2.86. The van der Waals surface area contributed by atoms with E-state index in [2.05, 4.69) is 0 Å². The van der Waals surface area contributed by atoms with Crippen LogP contribution in [0, 0.1) is 6.92 Å². The highest BCUT2D eigenvalue weighted by molar-refractivity contribution is 5.90. The van der Waals surface area contributed by atoms with Crippen molar-refractivity contribution in [3.8, 4) is 11.5 Å². The van der Waals surface area contributed by atoms with Crippen molar-refractivity contribution in [1.29, 1.82) is 0 Å². The van der Waals surface area contributed by atoms with Gasteiger partial charge in [-0.15, -0.1) is 0 Å². The molecule has 0 bridgehead atoms. The topological polar surface area (TPSA) is 66.8 Å². The first-order chi connectivity index (χ1) is 6.56. The van der Waals surface area contributed by atoms with Crippen LogP contribution in [0.1, 0.15) is 22.8 Å². The summed E-state index contributed by atoms with van der Waals surface area (Å²) in [4.78, 5) is 11.2. The third-order valence-corrected chi connectivity index (χ3v) is 1.86.